The fourth-order valence-corrected chi connectivity index (χ4v) is 4.54. The molecule has 0 amide bonds. The molecule has 0 unspecified atom stereocenters. The Balaban J connectivity index is 1.77. The molecule has 0 bridgehead atoms. The van der Waals surface area contributed by atoms with E-state index in [4.69, 9.17) is 4.74 Å². The molecule has 4 rings (SSSR count). The van der Waals surface area contributed by atoms with Gasteiger partial charge < -0.3 is 4.74 Å². The Labute approximate surface area is 199 Å². The Bertz CT molecular complexity index is 1080. The van der Waals surface area contributed by atoms with Crippen molar-refractivity contribution in [1.29, 1.82) is 0 Å². The average molecular weight is 435 g/mol. The van der Waals surface area contributed by atoms with Crippen molar-refractivity contribution in [3.05, 3.63) is 130 Å². The first kappa shape index (κ1) is 22.9. The third kappa shape index (κ3) is 5.54. The van der Waals surface area contributed by atoms with Crippen LogP contribution in [-0.2, 0) is 12.8 Å². The zero-order valence-electron chi connectivity index (χ0n) is 20.2. The van der Waals surface area contributed by atoms with Gasteiger partial charge in [-0.25, -0.2) is 0 Å². The lowest BCUT2D eigenvalue weighted by molar-refractivity contribution is 0.469. The van der Waals surface area contributed by atoms with Crippen LogP contribution in [0.2, 0.25) is 0 Å². The van der Waals surface area contributed by atoms with Gasteiger partial charge >= 0.3 is 0 Å². The maximum Gasteiger partial charge on any atom is 0.131 e. The van der Waals surface area contributed by atoms with Crippen LogP contribution in [-0.4, -0.2) is 0 Å². The van der Waals surface area contributed by atoms with Gasteiger partial charge in [0.2, 0.25) is 0 Å². The molecule has 0 aliphatic heterocycles. The van der Waals surface area contributed by atoms with Crippen LogP contribution in [0.4, 0.5) is 0 Å². The van der Waals surface area contributed by atoms with E-state index in [2.05, 4.69) is 125 Å². The second-order valence-corrected chi connectivity index (χ2v) is 9.38. The Morgan fingerprint density at radius 3 is 1.24 bits per heavy atom. The molecule has 4 aromatic rings. The Morgan fingerprint density at radius 1 is 0.485 bits per heavy atom. The molecule has 0 saturated heterocycles. The van der Waals surface area contributed by atoms with Gasteiger partial charge in [0, 0.05) is 24.0 Å². The van der Waals surface area contributed by atoms with Crippen molar-refractivity contribution in [2.75, 3.05) is 0 Å². The minimum absolute atomic E-state index is 0.429. The van der Waals surface area contributed by atoms with Crippen molar-refractivity contribution >= 4 is 0 Å². The van der Waals surface area contributed by atoms with Crippen molar-refractivity contribution < 1.29 is 4.74 Å². The lowest BCUT2D eigenvalue weighted by atomic mass is 9.91. The van der Waals surface area contributed by atoms with Gasteiger partial charge in [-0.3, -0.25) is 0 Å². The van der Waals surface area contributed by atoms with Gasteiger partial charge in [-0.2, -0.15) is 0 Å². The first-order valence-corrected chi connectivity index (χ1v) is 12.0. The molecule has 0 radical (unpaired) electrons. The van der Waals surface area contributed by atoms with E-state index in [0.717, 1.165) is 24.3 Å². The van der Waals surface area contributed by atoms with Crippen LogP contribution in [0.3, 0.4) is 0 Å². The lowest BCUT2D eigenvalue weighted by Gasteiger charge is -2.21. The van der Waals surface area contributed by atoms with Crippen LogP contribution in [0.1, 0.15) is 72.9 Å². The van der Waals surface area contributed by atoms with Gasteiger partial charge in [-0.05, 0) is 46.2 Å². The summed E-state index contributed by atoms with van der Waals surface area (Å²) in [7, 11) is 0. The molecule has 1 heteroatoms. The number of benzene rings is 4. The second-order valence-electron chi connectivity index (χ2n) is 9.38. The van der Waals surface area contributed by atoms with E-state index in [1.807, 2.05) is 0 Å². The van der Waals surface area contributed by atoms with Gasteiger partial charge in [-0.15, -0.1) is 0 Å². The van der Waals surface area contributed by atoms with Gasteiger partial charge in [0.1, 0.15) is 11.5 Å². The first-order chi connectivity index (χ1) is 16.0. The minimum atomic E-state index is 0.429. The summed E-state index contributed by atoms with van der Waals surface area (Å²) >= 11 is 0. The summed E-state index contributed by atoms with van der Waals surface area (Å²) in [5.74, 6) is 2.77. The summed E-state index contributed by atoms with van der Waals surface area (Å²) in [5, 5.41) is 0. The van der Waals surface area contributed by atoms with Crippen LogP contribution in [0, 0.1) is 0 Å². The molecule has 1 nitrogen and oxygen atoms in total. The Kier molecular flexibility index (Phi) is 7.29. The zero-order chi connectivity index (χ0) is 23.2. The standard InChI is InChI=1S/C32H34O/c1-23(2)27-17-11-19-31(29(27)21-25-13-7-5-8-14-25)33-32-20-12-18-28(24(3)4)30(32)22-26-15-9-6-10-16-26/h5-20,23-24H,21-22H2,1-4H3. The van der Waals surface area contributed by atoms with Gasteiger partial charge in [0.25, 0.3) is 0 Å². The lowest BCUT2D eigenvalue weighted by Crippen LogP contribution is -2.04. The van der Waals surface area contributed by atoms with E-state index in [-0.39, 0.29) is 0 Å². The third-order valence-corrected chi connectivity index (χ3v) is 6.25. The molecule has 0 N–H and O–H groups in total. The summed E-state index contributed by atoms with van der Waals surface area (Å²) in [6.07, 6.45) is 1.73. The molecule has 0 aliphatic carbocycles. The van der Waals surface area contributed by atoms with Crippen molar-refractivity contribution in [3.63, 3.8) is 0 Å². The van der Waals surface area contributed by atoms with E-state index < -0.39 is 0 Å². The quantitative estimate of drug-likeness (QED) is 0.269. The monoisotopic (exact) mass is 434 g/mol. The molecule has 0 saturated carbocycles. The molecule has 0 atom stereocenters. The highest BCUT2D eigenvalue weighted by atomic mass is 16.5. The van der Waals surface area contributed by atoms with Crippen molar-refractivity contribution in [2.24, 2.45) is 0 Å². The molecule has 33 heavy (non-hydrogen) atoms. The van der Waals surface area contributed by atoms with E-state index in [0.29, 0.717) is 11.8 Å². The molecule has 0 heterocycles. The smallest absolute Gasteiger partial charge is 0.131 e. The number of hydrogen-bond donors (Lipinski definition) is 0. The highest BCUT2D eigenvalue weighted by Crippen LogP contribution is 2.37. The highest BCUT2D eigenvalue weighted by Gasteiger charge is 2.17. The maximum atomic E-state index is 6.77. The van der Waals surface area contributed by atoms with E-state index in [1.54, 1.807) is 0 Å². The molecule has 0 fully saturated rings. The summed E-state index contributed by atoms with van der Waals surface area (Å²) in [6.45, 7) is 9.03. The molecule has 4 aromatic carbocycles. The number of hydrogen-bond acceptors (Lipinski definition) is 1. The Hall–Kier alpha value is -3.32. The predicted octanol–water partition coefficient (Wildman–Crippen LogP) is 8.91. The molecule has 168 valence electrons. The van der Waals surface area contributed by atoms with Gasteiger partial charge in [0.05, 0.1) is 0 Å². The number of rotatable bonds is 8. The van der Waals surface area contributed by atoms with E-state index in [9.17, 15) is 0 Å². The first-order valence-electron chi connectivity index (χ1n) is 12.0. The fraction of sp³-hybridized carbons (Fsp3) is 0.250. The van der Waals surface area contributed by atoms with Crippen LogP contribution in [0.5, 0.6) is 11.5 Å². The van der Waals surface area contributed by atoms with Crippen LogP contribution >= 0.6 is 0 Å². The van der Waals surface area contributed by atoms with E-state index >= 15 is 0 Å². The van der Waals surface area contributed by atoms with Crippen LogP contribution in [0.15, 0.2) is 97.1 Å². The molecule has 0 aliphatic rings. The third-order valence-electron chi connectivity index (χ3n) is 6.25. The molecule has 0 spiro atoms. The highest BCUT2D eigenvalue weighted by molar-refractivity contribution is 5.51. The summed E-state index contributed by atoms with van der Waals surface area (Å²) < 4.78 is 6.77. The fourth-order valence-electron chi connectivity index (χ4n) is 4.54. The normalized spacial score (nSPS) is 11.2. The number of ether oxygens (including phenoxy) is 1. The summed E-state index contributed by atoms with van der Waals surface area (Å²) in [4.78, 5) is 0. The molecule has 0 aromatic heterocycles. The largest absolute Gasteiger partial charge is 0.457 e. The van der Waals surface area contributed by atoms with Crippen molar-refractivity contribution in [2.45, 2.75) is 52.4 Å². The summed E-state index contributed by atoms with van der Waals surface area (Å²) in [6, 6.07) is 34.3. The van der Waals surface area contributed by atoms with Gasteiger partial charge in [0.15, 0.2) is 0 Å². The zero-order valence-corrected chi connectivity index (χ0v) is 20.2. The van der Waals surface area contributed by atoms with Crippen LogP contribution in [0.25, 0.3) is 0 Å². The van der Waals surface area contributed by atoms with Crippen molar-refractivity contribution in [1.82, 2.24) is 0 Å². The minimum Gasteiger partial charge on any atom is -0.457 e. The van der Waals surface area contributed by atoms with E-state index in [1.165, 1.54) is 33.4 Å². The Morgan fingerprint density at radius 2 is 0.879 bits per heavy atom. The SMILES string of the molecule is CC(C)c1cccc(Oc2cccc(C(C)C)c2Cc2ccccc2)c1Cc1ccccc1. The van der Waals surface area contributed by atoms with Gasteiger partial charge in [-0.1, -0.05) is 113 Å². The average Bonchev–Trinajstić information content (AvgIpc) is 2.82. The molecular formula is C32H34O. The molecular weight excluding hydrogens is 400 g/mol. The van der Waals surface area contributed by atoms with Crippen molar-refractivity contribution in [3.8, 4) is 11.5 Å². The van der Waals surface area contributed by atoms with Crippen LogP contribution < -0.4 is 4.74 Å². The summed E-state index contributed by atoms with van der Waals surface area (Å²) in [5.41, 5.74) is 7.85. The maximum absolute atomic E-state index is 6.77. The second kappa shape index (κ2) is 10.5. The predicted molar refractivity (Wildman–Crippen MR) is 140 cm³/mol. The topological polar surface area (TPSA) is 9.23 Å².